The van der Waals surface area contributed by atoms with Gasteiger partial charge in [0, 0.05) is 17.3 Å². The van der Waals surface area contributed by atoms with E-state index in [0.29, 0.717) is 10.8 Å². The number of aliphatic carboxylic acids is 1. The Kier molecular flexibility index (Phi) is 6.15. The molecule has 2 aromatic carbocycles. The fourth-order valence-corrected chi connectivity index (χ4v) is 4.21. The summed E-state index contributed by atoms with van der Waals surface area (Å²) in [6.07, 6.45) is 0. The summed E-state index contributed by atoms with van der Waals surface area (Å²) in [6, 6.07) is 12.8. The van der Waals surface area contributed by atoms with Crippen LogP contribution in [0.3, 0.4) is 0 Å². The normalized spacial score (nSPS) is 12.1. The lowest BCUT2D eigenvalue weighted by atomic mass is 10.0. The zero-order chi connectivity index (χ0) is 22.8. The molecule has 4 rings (SSSR count). The molecule has 0 saturated heterocycles. The summed E-state index contributed by atoms with van der Waals surface area (Å²) in [7, 11) is 0. The van der Waals surface area contributed by atoms with E-state index in [1.165, 1.54) is 23.5 Å². The molecular weight excluding hydrogens is 451 g/mol. The van der Waals surface area contributed by atoms with Crippen molar-refractivity contribution in [2.24, 2.45) is 5.92 Å². The van der Waals surface area contributed by atoms with E-state index in [1.54, 1.807) is 26.0 Å². The van der Waals surface area contributed by atoms with Gasteiger partial charge in [0.05, 0.1) is 10.2 Å². The molecule has 1 atom stereocenters. The number of carboxylic acid groups (broad SMARTS) is 1. The van der Waals surface area contributed by atoms with Crippen molar-refractivity contribution in [2.75, 3.05) is 5.32 Å². The van der Waals surface area contributed by atoms with Gasteiger partial charge in [-0.2, -0.15) is 0 Å². The van der Waals surface area contributed by atoms with Gasteiger partial charge in [-0.25, -0.2) is 14.2 Å². The minimum Gasteiger partial charge on any atom is -0.480 e. The molecule has 7 nitrogen and oxygen atoms in total. The predicted molar refractivity (Wildman–Crippen MR) is 126 cm³/mol. The first kappa shape index (κ1) is 21.8. The van der Waals surface area contributed by atoms with Crippen LogP contribution in [0.2, 0.25) is 0 Å². The number of hydrogen-bond donors (Lipinski definition) is 3. The molecule has 0 unspecified atom stereocenters. The molecule has 0 amide bonds. The number of carbonyl (C=O) groups is 1. The molecule has 0 spiro atoms. The number of rotatable bonds is 7. The first-order valence-corrected chi connectivity index (χ1v) is 11.0. The fourth-order valence-electron chi connectivity index (χ4n) is 3.08. The lowest BCUT2D eigenvalue weighted by molar-refractivity contribution is -0.140. The van der Waals surface area contributed by atoms with Crippen LogP contribution < -0.4 is 10.6 Å². The number of nitrogens with one attached hydrogen (secondary N) is 2. The molecule has 0 fully saturated rings. The maximum atomic E-state index is 13.4. The van der Waals surface area contributed by atoms with Gasteiger partial charge in [-0.1, -0.05) is 54.7 Å². The maximum absolute atomic E-state index is 13.4. The van der Waals surface area contributed by atoms with E-state index >= 15 is 0 Å². The van der Waals surface area contributed by atoms with Crippen molar-refractivity contribution in [1.29, 1.82) is 0 Å². The van der Waals surface area contributed by atoms with E-state index in [0.717, 1.165) is 21.5 Å². The Morgan fingerprint density at radius 1 is 1.22 bits per heavy atom. The molecule has 0 radical (unpaired) electrons. The quantitative estimate of drug-likeness (QED) is 0.317. The van der Waals surface area contributed by atoms with Crippen molar-refractivity contribution in [3.8, 4) is 11.3 Å². The number of anilines is 2. The minimum atomic E-state index is -0.988. The molecule has 32 heavy (non-hydrogen) atoms. The monoisotopic (exact) mass is 470 g/mol. The van der Waals surface area contributed by atoms with E-state index in [4.69, 9.17) is 16.7 Å². The Morgan fingerprint density at radius 3 is 2.78 bits per heavy atom. The van der Waals surface area contributed by atoms with E-state index < -0.39 is 12.0 Å². The predicted octanol–water partition coefficient (Wildman–Crippen LogP) is 5.21. The van der Waals surface area contributed by atoms with Crippen LogP contribution in [0.1, 0.15) is 19.6 Å². The van der Waals surface area contributed by atoms with Crippen LogP contribution in [-0.4, -0.2) is 32.2 Å². The number of aromatic nitrogens is 2. The molecule has 0 bridgehead atoms. The summed E-state index contributed by atoms with van der Waals surface area (Å²) >= 11 is 6.65. The molecule has 0 saturated carbocycles. The molecule has 2 aromatic heterocycles. The highest BCUT2D eigenvalue weighted by atomic mass is 32.1. The third-order valence-corrected chi connectivity index (χ3v) is 5.97. The molecule has 0 aliphatic rings. The third-order valence-electron chi connectivity index (χ3n) is 4.71. The Bertz CT molecular complexity index is 1300. The Labute approximate surface area is 192 Å². The van der Waals surface area contributed by atoms with Crippen LogP contribution in [0.15, 0.2) is 53.1 Å². The van der Waals surface area contributed by atoms with Gasteiger partial charge in [0.15, 0.2) is 10.9 Å². The molecule has 3 N–H and O–H groups in total. The molecule has 10 heteroatoms. The first-order chi connectivity index (χ1) is 15.3. The second-order valence-electron chi connectivity index (χ2n) is 7.45. The third kappa shape index (κ3) is 4.76. The topological polar surface area (TPSA) is 100 Å². The van der Waals surface area contributed by atoms with Gasteiger partial charge in [0.2, 0.25) is 0 Å². The lowest BCUT2D eigenvalue weighted by Crippen LogP contribution is -2.43. The number of hydrogen-bond acceptors (Lipinski definition) is 7. The smallest absolute Gasteiger partial charge is 0.326 e. The summed E-state index contributed by atoms with van der Waals surface area (Å²) in [4.78, 5) is 16.0. The molecule has 0 aliphatic carbocycles. The second-order valence-corrected chi connectivity index (χ2v) is 8.89. The largest absolute Gasteiger partial charge is 0.480 e. The minimum absolute atomic E-state index is 0.158. The van der Waals surface area contributed by atoms with Crippen molar-refractivity contribution < 1.29 is 18.8 Å². The number of nitrogens with zero attached hydrogens (tertiary/aromatic N) is 2. The van der Waals surface area contributed by atoms with Crippen molar-refractivity contribution >= 4 is 55.5 Å². The van der Waals surface area contributed by atoms with Crippen LogP contribution >= 0.6 is 23.6 Å². The summed E-state index contributed by atoms with van der Waals surface area (Å²) < 4.78 is 19.5. The average Bonchev–Trinajstić information content (AvgIpc) is 3.38. The molecule has 4 aromatic rings. The van der Waals surface area contributed by atoms with Crippen LogP contribution in [0.25, 0.3) is 21.5 Å². The number of carboxylic acids is 1. The number of thiazole rings is 1. The standard InChI is InChI=1S/C22H19FN4O3S2/c1-11(2)19(21(28)29)26-20(31)17-10-16(27-30-17)12-4-3-5-14(8-12)24-22-25-15-7-6-13(23)9-18(15)32-22/h3-11,19H,1-2H3,(H,24,25)(H,26,31)(H,28,29)/t19-/m0/s1. The highest BCUT2D eigenvalue weighted by Crippen LogP contribution is 2.30. The zero-order valence-corrected chi connectivity index (χ0v) is 18.8. The van der Waals surface area contributed by atoms with Gasteiger partial charge in [-0.15, -0.1) is 0 Å². The fraction of sp³-hybridized carbons (Fsp3) is 0.182. The number of thiocarbonyl (C=S) groups is 1. The van der Waals surface area contributed by atoms with Crippen molar-refractivity contribution in [1.82, 2.24) is 15.5 Å². The molecular formula is C22H19FN4O3S2. The zero-order valence-electron chi connectivity index (χ0n) is 17.1. The van der Waals surface area contributed by atoms with E-state index in [1.807, 2.05) is 24.3 Å². The van der Waals surface area contributed by atoms with Gasteiger partial charge in [0.1, 0.15) is 22.5 Å². The highest BCUT2D eigenvalue weighted by Gasteiger charge is 2.24. The maximum Gasteiger partial charge on any atom is 0.326 e. The van der Waals surface area contributed by atoms with Crippen molar-refractivity contribution in [3.05, 3.63) is 60.1 Å². The van der Waals surface area contributed by atoms with Crippen LogP contribution in [0, 0.1) is 11.7 Å². The summed E-state index contributed by atoms with van der Waals surface area (Å²) in [5.41, 5.74) is 2.82. The average molecular weight is 471 g/mol. The highest BCUT2D eigenvalue weighted by molar-refractivity contribution is 7.80. The Hall–Kier alpha value is -3.37. The number of fused-ring (bicyclic) bond motifs is 1. The van der Waals surface area contributed by atoms with Crippen LogP contribution in [0.4, 0.5) is 15.2 Å². The van der Waals surface area contributed by atoms with Gasteiger partial charge >= 0.3 is 5.97 Å². The number of benzene rings is 2. The van der Waals surface area contributed by atoms with E-state index in [2.05, 4.69) is 20.8 Å². The summed E-state index contributed by atoms with van der Waals surface area (Å²) in [5, 5.41) is 20.1. The number of halogens is 1. The Balaban J connectivity index is 1.51. The Morgan fingerprint density at radius 2 is 2.03 bits per heavy atom. The van der Waals surface area contributed by atoms with Gasteiger partial charge in [0.25, 0.3) is 0 Å². The molecule has 0 aliphatic heterocycles. The van der Waals surface area contributed by atoms with Gasteiger partial charge in [-0.3, -0.25) is 0 Å². The second kappa shape index (κ2) is 9.01. The van der Waals surface area contributed by atoms with Crippen LogP contribution in [0.5, 0.6) is 0 Å². The van der Waals surface area contributed by atoms with Crippen LogP contribution in [-0.2, 0) is 4.79 Å². The molecule has 2 heterocycles. The van der Waals surface area contributed by atoms with Gasteiger partial charge in [-0.05, 0) is 36.2 Å². The lowest BCUT2D eigenvalue weighted by Gasteiger charge is -2.18. The summed E-state index contributed by atoms with van der Waals surface area (Å²) in [6.45, 7) is 3.58. The first-order valence-electron chi connectivity index (χ1n) is 9.74. The van der Waals surface area contributed by atoms with Gasteiger partial charge < -0.3 is 20.3 Å². The SMILES string of the molecule is CC(C)[C@H](NC(=S)c1cc(-c2cccc(Nc3nc4ccc(F)cc4s3)c2)no1)C(=O)O. The summed E-state index contributed by atoms with van der Waals surface area (Å²) in [5.74, 6) is -1.16. The van der Waals surface area contributed by atoms with E-state index in [9.17, 15) is 14.3 Å². The van der Waals surface area contributed by atoms with Crippen molar-refractivity contribution in [3.63, 3.8) is 0 Å². The van der Waals surface area contributed by atoms with Crippen molar-refractivity contribution in [2.45, 2.75) is 19.9 Å². The molecule has 164 valence electrons. The van der Waals surface area contributed by atoms with E-state index in [-0.39, 0.29) is 22.5 Å².